The van der Waals surface area contributed by atoms with Gasteiger partial charge in [0, 0.05) is 18.5 Å². The van der Waals surface area contributed by atoms with E-state index in [2.05, 4.69) is 0 Å². The maximum atomic E-state index is 11.9. The number of nitrogens with zero attached hydrogens (tertiary/aromatic N) is 1. The van der Waals surface area contributed by atoms with Crippen LogP contribution in [0.25, 0.3) is 21.7 Å². The maximum absolute atomic E-state index is 11.9. The van der Waals surface area contributed by atoms with Gasteiger partial charge in [-0.3, -0.25) is 4.79 Å². The zero-order valence-electron chi connectivity index (χ0n) is 11.4. The number of pyridine rings is 1. The summed E-state index contributed by atoms with van der Waals surface area (Å²) in [5.74, 6) is 0.753. The molecule has 0 spiro atoms. The molecule has 0 saturated heterocycles. The Morgan fingerprint density at radius 1 is 1.20 bits per heavy atom. The molecule has 0 unspecified atom stereocenters. The minimum atomic E-state index is -0.164. The Bertz CT molecular complexity index is 865. The van der Waals surface area contributed by atoms with Crippen molar-refractivity contribution in [1.82, 2.24) is 4.57 Å². The molecule has 0 saturated carbocycles. The first kappa shape index (κ1) is 12.7. The molecule has 0 aliphatic carbocycles. The molecule has 1 heterocycles. The van der Waals surface area contributed by atoms with Crippen LogP contribution in [-0.2, 0) is 13.7 Å². The van der Waals surface area contributed by atoms with Crippen LogP contribution in [0, 0.1) is 0 Å². The third-order valence-electron chi connectivity index (χ3n) is 3.69. The molecule has 0 atom stereocenters. The Balaban J connectivity index is 2.57. The van der Waals surface area contributed by atoms with E-state index in [0.29, 0.717) is 5.56 Å². The van der Waals surface area contributed by atoms with Gasteiger partial charge in [-0.2, -0.15) is 0 Å². The minimum absolute atomic E-state index is 0.121. The molecular weight excluding hydrogens is 254 g/mol. The molecule has 4 heteroatoms. The molecule has 3 rings (SSSR count). The number of hydrogen-bond acceptors (Lipinski definition) is 3. The van der Waals surface area contributed by atoms with Crippen LogP contribution < -0.4 is 10.3 Å². The number of methoxy groups -OCH3 is 1. The number of aromatic nitrogens is 1. The summed E-state index contributed by atoms with van der Waals surface area (Å²) in [7, 11) is 3.35. The van der Waals surface area contributed by atoms with Crippen LogP contribution in [-0.4, -0.2) is 16.8 Å². The lowest BCUT2D eigenvalue weighted by Crippen LogP contribution is -2.17. The van der Waals surface area contributed by atoms with Crippen LogP contribution in [0.5, 0.6) is 5.75 Å². The van der Waals surface area contributed by atoms with Gasteiger partial charge in [-0.1, -0.05) is 12.1 Å². The predicted molar refractivity (Wildman–Crippen MR) is 79.2 cm³/mol. The van der Waals surface area contributed by atoms with E-state index in [4.69, 9.17) is 4.74 Å². The Kier molecular flexibility index (Phi) is 2.95. The number of aliphatic hydroxyl groups is 1. The minimum Gasteiger partial charge on any atom is -0.497 e. The summed E-state index contributed by atoms with van der Waals surface area (Å²) < 4.78 is 6.86. The SMILES string of the molecule is COc1ccc2ccc3c(c(CO)cc(=O)n3C)c2c1. The van der Waals surface area contributed by atoms with Gasteiger partial charge in [0.1, 0.15) is 5.75 Å². The fourth-order valence-electron chi connectivity index (χ4n) is 2.59. The van der Waals surface area contributed by atoms with Gasteiger partial charge in [-0.05, 0) is 34.5 Å². The van der Waals surface area contributed by atoms with E-state index < -0.39 is 0 Å². The fourth-order valence-corrected chi connectivity index (χ4v) is 2.59. The van der Waals surface area contributed by atoms with Crippen molar-refractivity contribution < 1.29 is 9.84 Å². The second-order valence-corrected chi connectivity index (χ2v) is 4.77. The van der Waals surface area contributed by atoms with Gasteiger partial charge in [0.15, 0.2) is 0 Å². The van der Waals surface area contributed by atoms with E-state index in [-0.39, 0.29) is 12.2 Å². The zero-order chi connectivity index (χ0) is 14.3. The monoisotopic (exact) mass is 269 g/mol. The molecular formula is C16H15NO3. The molecule has 20 heavy (non-hydrogen) atoms. The summed E-state index contributed by atoms with van der Waals surface area (Å²) in [6, 6.07) is 11.2. The quantitative estimate of drug-likeness (QED) is 0.726. The first-order chi connectivity index (χ1) is 9.65. The average molecular weight is 269 g/mol. The molecule has 0 aliphatic rings. The van der Waals surface area contributed by atoms with Crippen LogP contribution in [0.2, 0.25) is 0 Å². The highest BCUT2D eigenvalue weighted by Crippen LogP contribution is 2.30. The Morgan fingerprint density at radius 3 is 2.65 bits per heavy atom. The van der Waals surface area contributed by atoms with Crippen molar-refractivity contribution in [3.63, 3.8) is 0 Å². The summed E-state index contributed by atoms with van der Waals surface area (Å²) in [5.41, 5.74) is 1.33. The summed E-state index contributed by atoms with van der Waals surface area (Å²) in [5, 5.41) is 12.5. The third-order valence-corrected chi connectivity index (χ3v) is 3.69. The summed E-state index contributed by atoms with van der Waals surface area (Å²) in [6.07, 6.45) is 0. The largest absolute Gasteiger partial charge is 0.497 e. The predicted octanol–water partition coefficient (Wildman–Crippen LogP) is 2.19. The molecule has 4 nitrogen and oxygen atoms in total. The summed E-state index contributed by atoms with van der Waals surface area (Å²) in [6.45, 7) is -0.164. The fraction of sp³-hybridized carbons (Fsp3) is 0.188. The standard InChI is InChI=1S/C16H15NO3/c1-17-14-6-4-10-3-5-12(20-2)8-13(10)16(14)11(9-18)7-15(17)19/h3-8,18H,9H2,1-2H3. The first-order valence-corrected chi connectivity index (χ1v) is 6.36. The number of benzene rings is 2. The normalized spacial score (nSPS) is 11.2. The van der Waals surface area contributed by atoms with E-state index >= 15 is 0 Å². The molecule has 1 N–H and O–H groups in total. The molecule has 0 aliphatic heterocycles. The highest BCUT2D eigenvalue weighted by atomic mass is 16.5. The van der Waals surface area contributed by atoms with Gasteiger partial charge in [0.25, 0.3) is 5.56 Å². The zero-order valence-corrected chi connectivity index (χ0v) is 11.4. The van der Waals surface area contributed by atoms with Crippen molar-refractivity contribution in [3.8, 4) is 5.75 Å². The topological polar surface area (TPSA) is 51.5 Å². The lowest BCUT2D eigenvalue weighted by molar-refractivity contribution is 0.283. The molecule has 0 fully saturated rings. The lowest BCUT2D eigenvalue weighted by atomic mass is 10.0. The molecule has 3 aromatic rings. The second kappa shape index (κ2) is 4.65. The van der Waals surface area contributed by atoms with Gasteiger partial charge in [-0.25, -0.2) is 0 Å². The van der Waals surface area contributed by atoms with Crippen molar-refractivity contribution in [3.05, 3.63) is 52.3 Å². The van der Waals surface area contributed by atoms with Crippen molar-refractivity contribution in [2.45, 2.75) is 6.61 Å². The Hall–Kier alpha value is -2.33. The molecule has 0 radical (unpaired) electrons. The van der Waals surface area contributed by atoms with Gasteiger partial charge >= 0.3 is 0 Å². The van der Waals surface area contributed by atoms with Gasteiger partial charge in [-0.15, -0.1) is 0 Å². The molecule has 0 bridgehead atoms. The van der Waals surface area contributed by atoms with Gasteiger partial charge < -0.3 is 14.4 Å². The van der Waals surface area contributed by atoms with Crippen molar-refractivity contribution in [1.29, 1.82) is 0 Å². The van der Waals surface area contributed by atoms with Crippen LogP contribution in [0.3, 0.4) is 0 Å². The van der Waals surface area contributed by atoms with Crippen molar-refractivity contribution in [2.75, 3.05) is 7.11 Å². The first-order valence-electron chi connectivity index (χ1n) is 6.36. The highest BCUT2D eigenvalue weighted by molar-refractivity contribution is 6.08. The number of rotatable bonds is 2. The van der Waals surface area contributed by atoms with E-state index in [1.165, 1.54) is 6.07 Å². The number of ether oxygens (including phenoxy) is 1. The maximum Gasteiger partial charge on any atom is 0.251 e. The van der Waals surface area contributed by atoms with E-state index in [9.17, 15) is 9.90 Å². The number of fused-ring (bicyclic) bond motifs is 3. The number of aryl methyl sites for hydroxylation is 1. The highest BCUT2D eigenvalue weighted by Gasteiger charge is 2.10. The Morgan fingerprint density at radius 2 is 1.95 bits per heavy atom. The van der Waals surface area contributed by atoms with Gasteiger partial charge in [0.2, 0.25) is 0 Å². The third kappa shape index (κ3) is 1.77. The summed E-state index contributed by atoms with van der Waals surface area (Å²) >= 11 is 0. The van der Waals surface area contributed by atoms with Crippen molar-refractivity contribution in [2.24, 2.45) is 7.05 Å². The van der Waals surface area contributed by atoms with Crippen LogP contribution >= 0.6 is 0 Å². The van der Waals surface area contributed by atoms with Crippen LogP contribution in [0.1, 0.15) is 5.56 Å². The molecule has 1 aromatic heterocycles. The number of aliphatic hydroxyl groups excluding tert-OH is 1. The van der Waals surface area contributed by atoms with Crippen LogP contribution in [0.4, 0.5) is 0 Å². The van der Waals surface area contributed by atoms with E-state index in [1.807, 2.05) is 30.3 Å². The second-order valence-electron chi connectivity index (χ2n) is 4.77. The smallest absolute Gasteiger partial charge is 0.251 e. The van der Waals surface area contributed by atoms with E-state index in [1.54, 1.807) is 18.7 Å². The number of hydrogen-bond donors (Lipinski definition) is 1. The van der Waals surface area contributed by atoms with Gasteiger partial charge in [0.05, 0.1) is 19.2 Å². The summed E-state index contributed by atoms with van der Waals surface area (Å²) in [4.78, 5) is 11.9. The Labute approximate surface area is 115 Å². The van der Waals surface area contributed by atoms with E-state index in [0.717, 1.165) is 27.4 Å². The van der Waals surface area contributed by atoms with Crippen LogP contribution in [0.15, 0.2) is 41.2 Å². The molecule has 0 amide bonds. The lowest BCUT2D eigenvalue weighted by Gasteiger charge is -2.12. The average Bonchev–Trinajstić information content (AvgIpc) is 2.49. The molecule has 2 aromatic carbocycles. The van der Waals surface area contributed by atoms with Crippen molar-refractivity contribution >= 4 is 21.7 Å². The molecule has 102 valence electrons.